The van der Waals surface area contributed by atoms with Gasteiger partial charge < -0.3 is 0 Å². The van der Waals surface area contributed by atoms with Crippen LogP contribution in [-0.2, 0) is 0 Å². The van der Waals surface area contributed by atoms with Crippen molar-refractivity contribution in [1.29, 1.82) is 0 Å². The third-order valence-electron chi connectivity index (χ3n) is 0.289. The zero-order valence-corrected chi connectivity index (χ0v) is 2.70. The molecule has 0 nitrogen and oxygen atoms in total. The van der Waals surface area contributed by atoms with Crippen molar-refractivity contribution in [1.82, 2.24) is 0 Å². The van der Waals surface area contributed by atoms with Crippen molar-refractivity contribution in [2.75, 3.05) is 0 Å². The Morgan fingerprint density at radius 1 is 1.25 bits per heavy atom. The summed E-state index contributed by atoms with van der Waals surface area (Å²) in [6, 6.07) is 0. The van der Waals surface area contributed by atoms with E-state index in [1.807, 2.05) is 0 Å². The molecule has 0 atom stereocenters. The number of rotatable bonds is 0. The molecular weight excluding hydrogens is 43.8 g/mol. The first-order valence-electron chi connectivity index (χ1n) is 1.32. The monoisotopic (exact) mass is 48.1 g/mol. The molecule has 1 heterocycles. The van der Waals surface area contributed by atoms with Crippen molar-refractivity contribution in [2.45, 2.75) is 12.6 Å². The molecule has 17 valence electrons. The summed E-state index contributed by atoms with van der Waals surface area (Å²) in [6.07, 6.45) is 2.75. The summed E-state index contributed by atoms with van der Waals surface area (Å²) in [5.74, 6) is 0. The summed E-state index contributed by atoms with van der Waals surface area (Å²) in [4.78, 5) is 0. The fourth-order valence-electron chi connectivity index (χ4n) is 0. The molecule has 1 aliphatic rings. The Hall–Kier alpha value is 0.234. The van der Waals surface area contributed by atoms with E-state index in [4.69, 9.17) is 0 Å². The van der Waals surface area contributed by atoms with E-state index in [-0.39, 0.29) is 10.1 Å². The van der Waals surface area contributed by atoms with Gasteiger partial charge in [0.2, 0.25) is 0 Å². The van der Waals surface area contributed by atoms with Crippen LogP contribution in [0.25, 0.3) is 0 Å². The van der Waals surface area contributed by atoms with Crippen molar-refractivity contribution < 1.29 is 0 Å². The van der Waals surface area contributed by atoms with Crippen molar-refractivity contribution in [3.63, 3.8) is 0 Å². The molecule has 3 radical (unpaired) electrons. The molecule has 2 heteroatoms. The summed E-state index contributed by atoms with van der Waals surface area (Å²) in [5.41, 5.74) is 0. The number of hydrogen-bond donors (Lipinski definition) is 0. The molecule has 0 N–H and O–H groups in total. The van der Waals surface area contributed by atoms with E-state index in [1.54, 1.807) is 0 Å². The molecule has 0 saturated carbocycles. The van der Waals surface area contributed by atoms with E-state index >= 15 is 0 Å². The molecule has 0 aromatic heterocycles. The average molecular weight is 47.9 g/mol. The first-order chi connectivity index (χ1) is 1.50. The summed E-state index contributed by atoms with van der Waals surface area (Å²) >= 11 is 0. The zero-order chi connectivity index (χ0) is 2.12. The van der Waals surface area contributed by atoms with E-state index < -0.39 is 0 Å². The van der Waals surface area contributed by atoms with Crippen molar-refractivity contribution >= 4 is 17.4 Å². The Balaban J connectivity index is 0.0000000900. The van der Waals surface area contributed by atoms with Crippen LogP contribution in [0.5, 0.6) is 0 Å². The van der Waals surface area contributed by atoms with Gasteiger partial charge >= 0.3 is 0 Å². The second kappa shape index (κ2) is 1.54. The van der Waals surface area contributed by atoms with Gasteiger partial charge in [0.15, 0.2) is 0 Å². The molecule has 0 unspecified atom stereocenters. The molecule has 0 aromatic carbocycles. The molecule has 0 bridgehead atoms. The van der Waals surface area contributed by atoms with Crippen LogP contribution in [0.15, 0.2) is 0 Å². The maximum atomic E-state index is 2.25. The molecule has 0 aromatic rings. The van der Waals surface area contributed by atoms with Crippen LogP contribution in [0, 0.1) is 0 Å². The van der Waals surface area contributed by atoms with Crippen LogP contribution in [0.1, 0.15) is 0 Å². The molecule has 1 rings (SSSR count). The predicted molar refractivity (Wildman–Crippen MR) is 21.1 cm³/mol. The zero-order valence-electron chi connectivity index (χ0n) is 2.70. The van der Waals surface area contributed by atoms with Crippen LogP contribution < -0.4 is 0 Å². The Morgan fingerprint density at radius 3 is 1.50 bits per heavy atom. The van der Waals surface area contributed by atoms with E-state index in [2.05, 4.69) is 7.28 Å². The summed E-state index contributed by atoms with van der Waals surface area (Å²) in [5, 5.41) is 0. The first kappa shape index (κ1) is 4.23. The number of hydrogen-bond acceptors (Lipinski definition) is 0. The van der Waals surface area contributed by atoms with Gasteiger partial charge in [0, 0.05) is 10.1 Å². The van der Waals surface area contributed by atoms with E-state index in [1.165, 1.54) is 12.6 Å². The second-order valence-corrected chi connectivity index (χ2v) is 0.866. The molecule has 0 aliphatic carbocycles. The van der Waals surface area contributed by atoms with E-state index in [9.17, 15) is 0 Å². The molecule has 0 spiro atoms. The average Bonchev–Trinajstić information content (AvgIpc) is 1.46. The minimum atomic E-state index is 0. The Kier molecular flexibility index (Phi) is 1.63. The third-order valence-corrected chi connectivity index (χ3v) is 0.289. The molecule has 0 amide bonds. The molecule has 4 heavy (non-hydrogen) atoms. The maximum absolute atomic E-state index is 2.25. The Morgan fingerprint density at radius 2 is 1.50 bits per heavy atom. The van der Waals surface area contributed by atoms with Gasteiger partial charge in [-0.15, -0.1) is 0 Å². The van der Waals surface area contributed by atoms with Gasteiger partial charge in [0.1, 0.15) is 7.28 Å². The van der Waals surface area contributed by atoms with Crippen LogP contribution in [0.4, 0.5) is 0 Å². The van der Waals surface area contributed by atoms with Crippen LogP contribution in [0.2, 0.25) is 12.6 Å². The first-order valence-corrected chi connectivity index (χ1v) is 1.32. The molecule has 1 aliphatic heterocycles. The van der Waals surface area contributed by atoms with Crippen LogP contribution in [0.3, 0.4) is 0 Å². The second-order valence-electron chi connectivity index (χ2n) is 0.866. The quantitative estimate of drug-likeness (QED) is 0.342. The Labute approximate surface area is 31.0 Å². The van der Waals surface area contributed by atoms with Gasteiger partial charge in [0.05, 0.1) is 0 Å². The van der Waals surface area contributed by atoms with Gasteiger partial charge in [-0.1, -0.05) is 12.6 Å². The fourth-order valence-corrected chi connectivity index (χ4v) is 0. The topological polar surface area (TPSA) is 0 Å². The smallest absolute Gasteiger partial charge is 0.0872 e. The van der Waals surface area contributed by atoms with Crippen molar-refractivity contribution in [3.05, 3.63) is 0 Å². The van der Waals surface area contributed by atoms with E-state index in [0.29, 0.717) is 0 Å². The minimum absolute atomic E-state index is 0. The maximum Gasteiger partial charge on any atom is 0.107 e. The standard InChI is InChI=1S/C2H4B.Be/c1-2-3-1;/h1-2H2;. The molecule has 1 saturated heterocycles. The third kappa shape index (κ3) is 2.23. The van der Waals surface area contributed by atoms with Gasteiger partial charge in [-0.2, -0.15) is 0 Å². The van der Waals surface area contributed by atoms with E-state index in [0.717, 1.165) is 0 Å². The summed E-state index contributed by atoms with van der Waals surface area (Å²) in [7, 11) is 2.25. The fraction of sp³-hybridized carbons (Fsp3) is 1.00. The summed E-state index contributed by atoms with van der Waals surface area (Å²) in [6.45, 7) is 0. The Bertz CT molecular complexity index is 10.8. The minimum Gasteiger partial charge on any atom is -0.0872 e. The largest absolute Gasteiger partial charge is 0.107 e. The van der Waals surface area contributed by atoms with Crippen LogP contribution >= 0.6 is 0 Å². The van der Waals surface area contributed by atoms with Gasteiger partial charge in [-0.05, 0) is 0 Å². The van der Waals surface area contributed by atoms with Crippen LogP contribution in [-0.4, -0.2) is 17.4 Å². The normalized spacial score (nSPS) is 16.0. The van der Waals surface area contributed by atoms with Crippen molar-refractivity contribution in [2.24, 2.45) is 0 Å². The predicted octanol–water partition coefficient (Wildman–Crippen LogP) is 0.160. The van der Waals surface area contributed by atoms with Gasteiger partial charge in [-0.25, -0.2) is 0 Å². The van der Waals surface area contributed by atoms with Gasteiger partial charge in [0.25, 0.3) is 0 Å². The molecule has 1 fully saturated rings. The molecular formula is C2H4BBe. The SMILES string of the molecule is [B]1CC1.[Be]. The van der Waals surface area contributed by atoms with Gasteiger partial charge in [-0.3, -0.25) is 0 Å². The van der Waals surface area contributed by atoms with Crippen molar-refractivity contribution in [3.8, 4) is 0 Å². The summed E-state index contributed by atoms with van der Waals surface area (Å²) < 4.78 is 0.